The van der Waals surface area contributed by atoms with Crippen LogP contribution in [-0.2, 0) is 4.84 Å². The average molecular weight is 227 g/mol. The summed E-state index contributed by atoms with van der Waals surface area (Å²) in [5.41, 5.74) is 8.22. The van der Waals surface area contributed by atoms with Gasteiger partial charge in [0.25, 0.3) is 0 Å². The molecule has 5 N–H and O–H groups in total. The summed E-state index contributed by atoms with van der Waals surface area (Å²) in [5, 5.41) is 3.39. The van der Waals surface area contributed by atoms with Gasteiger partial charge < -0.3 is 11.1 Å². The van der Waals surface area contributed by atoms with Crippen LogP contribution in [0.25, 0.3) is 0 Å². The molecule has 4 nitrogen and oxygen atoms in total. The lowest BCUT2D eigenvalue weighted by molar-refractivity contribution is 0.0911. The maximum atomic E-state index is 5.49. The zero-order valence-corrected chi connectivity index (χ0v) is 10.6. The fraction of sp³-hybridized carbons (Fsp3) is 0.667. The second-order valence-corrected chi connectivity index (χ2v) is 4.01. The monoisotopic (exact) mass is 227 g/mol. The number of allylic oxidation sites excluding steroid dienone is 2. The van der Waals surface area contributed by atoms with Crippen LogP contribution >= 0.6 is 0 Å². The number of nitrogens with one attached hydrogen (secondary N) is 1. The van der Waals surface area contributed by atoms with Crippen LogP contribution in [-0.4, -0.2) is 19.3 Å². The van der Waals surface area contributed by atoms with Crippen LogP contribution in [0, 0.1) is 0 Å². The minimum Gasteiger partial charge on any atom is -0.313 e. The van der Waals surface area contributed by atoms with E-state index in [1.807, 2.05) is 6.08 Å². The van der Waals surface area contributed by atoms with Gasteiger partial charge in [-0.05, 0) is 39.3 Å². The normalized spacial score (nSPS) is 13.1. The molecule has 94 valence electrons. The van der Waals surface area contributed by atoms with Gasteiger partial charge in [-0.25, -0.2) is 5.90 Å². The molecule has 0 aromatic heterocycles. The molecule has 0 aliphatic carbocycles. The van der Waals surface area contributed by atoms with Crippen molar-refractivity contribution in [3.63, 3.8) is 0 Å². The second-order valence-electron chi connectivity index (χ2n) is 4.01. The third-order valence-corrected chi connectivity index (χ3v) is 2.32. The largest absolute Gasteiger partial charge is 0.313 e. The molecule has 0 aromatic rings. The molecule has 0 bridgehead atoms. The maximum absolute atomic E-state index is 5.49. The Labute approximate surface area is 98.7 Å². The molecular formula is C12H25N3O. The van der Waals surface area contributed by atoms with Crippen molar-refractivity contribution in [3.05, 3.63) is 23.3 Å². The van der Waals surface area contributed by atoms with E-state index < -0.39 is 6.23 Å². The van der Waals surface area contributed by atoms with Crippen LogP contribution in [0.1, 0.15) is 33.6 Å². The van der Waals surface area contributed by atoms with Crippen LogP contribution < -0.4 is 16.9 Å². The molecule has 0 saturated heterocycles. The van der Waals surface area contributed by atoms with Crippen LogP contribution in [0.4, 0.5) is 0 Å². The van der Waals surface area contributed by atoms with Gasteiger partial charge in [-0.2, -0.15) is 0 Å². The molecule has 0 aromatic carbocycles. The van der Waals surface area contributed by atoms with Crippen molar-refractivity contribution < 1.29 is 4.84 Å². The number of hydrogen-bond acceptors (Lipinski definition) is 4. The topological polar surface area (TPSA) is 73.3 Å². The predicted molar refractivity (Wildman–Crippen MR) is 68.5 cm³/mol. The van der Waals surface area contributed by atoms with Gasteiger partial charge in [0, 0.05) is 6.54 Å². The zero-order chi connectivity index (χ0) is 12.4. The van der Waals surface area contributed by atoms with Gasteiger partial charge in [-0.1, -0.05) is 24.1 Å². The minimum absolute atomic E-state index is 0.512. The Morgan fingerprint density at radius 2 is 2.12 bits per heavy atom. The fourth-order valence-electron chi connectivity index (χ4n) is 1.26. The van der Waals surface area contributed by atoms with Gasteiger partial charge in [0.15, 0.2) is 0 Å². The highest BCUT2D eigenvalue weighted by atomic mass is 16.6. The fourth-order valence-corrected chi connectivity index (χ4v) is 1.26. The first kappa shape index (κ1) is 15.3. The summed E-state index contributed by atoms with van der Waals surface area (Å²) in [6.45, 7) is 8.38. The Morgan fingerprint density at radius 1 is 1.44 bits per heavy atom. The molecule has 16 heavy (non-hydrogen) atoms. The summed E-state index contributed by atoms with van der Waals surface area (Å²) in [6.07, 6.45) is 5.28. The zero-order valence-electron chi connectivity index (χ0n) is 10.6. The van der Waals surface area contributed by atoms with E-state index in [0.717, 1.165) is 25.9 Å². The number of rotatable bonds is 8. The lowest BCUT2D eigenvalue weighted by Gasteiger charge is -2.09. The molecule has 0 aliphatic heterocycles. The van der Waals surface area contributed by atoms with Crippen molar-refractivity contribution in [1.82, 2.24) is 5.32 Å². The standard InChI is InChI=1S/C12H25N3O/c1-4-8-15-9-11(10(2)3)6-5-7-12(13)16-14/h5,7,12,15H,4,6,8-9,13-14H2,1-3H3/b7-5-. The minimum atomic E-state index is -0.512. The SMILES string of the molecule is CCCNCC(C/C=C\C(N)ON)=C(C)C. The van der Waals surface area contributed by atoms with E-state index in [4.69, 9.17) is 11.6 Å². The molecule has 0 spiro atoms. The summed E-state index contributed by atoms with van der Waals surface area (Å²) in [5.74, 6) is 4.95. The van der Waals surface area contributed by atoms with Crippen LogP contribution in [0.5, 0.6) is 0 Å². The Hall–Kier alpha value is -0.680. The van der Waals surface area contributed by atoms with Gasteiger partial charge in [0.1, 0.15) is 6.23 Å². The molecule has 1 atom stereocenters. The average Bonchev–Trinajstić information content (AvgIpc) is 2.26. The lowest BCUT2D eigenvalue weighted by Crippen LogP contribution is -2.24. The Morgan fingerprint density at radius 3 is 2.62 bits per heavy atom. The Bertz CT molecular complexity index is 232. The first-order chi connectivity index (χ1) is 7.61. The lowest BCUT2D eigenvalue weighted by atomic mass is 10.1. The molecule has 0 radical (unpaired) electrons. The van der Waals surface area contributed by atoms with Crippen LogP contribution in [0.15, 0.2) is 23.3 Å². The van der Waals surface area contributed by atoms with Crippen LogP contribution in [0.3, 0.4) is 0 Å². The molecule has 1 unspecified atom stereocenters. The van der Waals surface area contributed by atoms with Gasteiger partial charge in [-0.3, -0.25) is 4.84 Å². The molecule has 0 heterocycles. The molecule has 0 saturated carbocycles. The van der Waals surface area contributed by atoms with E-state index in [2.05, 4.69) is 30.9 Å². The molecule has 0 rings (SSSR count). The molecule has 0 fully saturated rings. The van der Waals surface area contributed by atoms with Crippen LogP contribution in [0.2, 0.25) is 0 Å². The summed E-state index contributed by atoms with van der Waals surface area (Å²) in [7, 11) is 0. The number of nitrogens with two attached hydrogens (primary N) is 2. The third-order valence-electron chi connectivity index (χ3n) is 2.32. The second kappa shape index (κ2) is 9.54. The molecule has 0 aliphatic rings. The highest BCUT2D eigenvalue weighted by Gasteiger charge is 1.98. The van der Waals surface area contributed by atoms with E-state index >= 15 is 0 Å². The van der Waals surface area contributed by atoms with Crippen molar-refractivity contribution in [2.45, 2.75) is 39.8 Å². The smallest absolute Gasteiger partial charge is 0.145 e. The Kier molecular flexibility index (Phi) is 9.13. The van der Waals surface area contributed by atoms with Crippen molar-refractivity contribution in [3.8, 4) is 0 Å². The van der Waals surface area contributed by atoms with Crippen molar-refractivity contribution in [1.29, 1.82) is 0 Å². The third kappa shape index (κ3) is 7.59. The maximum Gasteiger partial charge on any atom is 0.145 e. The first-order valence-electron chi connectivity index (χ1n) is 5.75. The van der Waals surface area contributed by atoms with E-state index in [0.29, 0.717) is 0 Å². The van der Waals surface area contributed by atoms with Crippen molar-refractivity contribution in [2.24, 2.45) is 11.6 Å². The predicted octanol–water partition coefficient (Wildman–Crippen LogP) is 1.44. The molecule has 0 amide bonds. The highest BCUT2D eigenvalue weighted by molar-refractivity contribution is 5.15. The summed E-state index contributed by atoms with van der Waals surface area (Å²) in [4.78, 5) is 4.45. The van der Waals surface area contributed by atoms with Gasteiger partial charge in [-0.15, -0.1) is 0 Å². The first-order valence-corrected chi connectivity index (χ1v) is 5.75. The summed E-state index contributed by atoms with van der Waals surface area (Å²) < 4.78 is 0. The van der Waals surface area contributed by atoms with Gasteiger partial charge in [0.05, 0.1) is 0 Å². The van der Waals surface area contributed by atoms with E-state index in [9.17, 15) is 0 Å². The van der Waals surface area contributed by atoms with Gasteiger partial charge >= 0.3 is 0 Å². The summed E-state index contributed by atoms with van der Waals surface area (Å²) in [6, 6.07) is 0. The van der Waals surface area contributed by atoms with E-state index in [1.54, 1.807) is 6.08 Å². The van der Waals surface area contributed by atoms with Gasteiger partial charge in [0.2, 0.25) is 0 Å². The van der Waals surface area contributed by atoms with E-state index in [1.165, 1.54) is 11.1 Å². The van der Waals surface area contributed by atoms with Crippen molar-refractivity contribution >= 4 is 0 Å². The Balaban J connectivity index is 4.06. The quantitative estimate of drug-likeness (QED) is 0.254. The highest BCUT2D eigenvalue weighted by Crippen LogP contribution is 2.08. The van der Waals surface area contributed by atoms with E-state index in [-0.39, 0.29) is 0 Å². The number of hydrogen-bond donors (Lipinski definition) is 3. The molecular weight excluding hydrogens is 202 g/mol. The molecule has 4 heteroatoms. The van der Waals surface area contributed by atoms with Crippen molar-refractivity contribution in [2.75, 3.05) is 13.1 Å². The summed E-state index contributed by atoms with van der Waals surface area (Å²) >= 11 is 0.